The third-order valence-corrected chi connectivity index (χ3v) is 4.95. The summed E-state index contributed by atoms with van der Waals surface area (Å²) in [5.41, 5.74) is 1.62. The Labute approximate surface area is 167 Å². The lowest BCUT2D eigenvalue weighted by molar-refractivity contribution is -0.136. The lowest BCUT2D eigenvalue weighted by Gasteiger charge is -2.22. The fourth-order valence-corrected chi connectivity index (χ4v) is 3.53. The summed E-state index contributed by atoms with van der Waals surface area (Å²) in [6.07, 6.45) is -0.106. The van der Waals surface area contributed by atoms with Crippen molar-refractivity contribution in [2.75, 3.05) is 30.0 Å². The van der Waals surface area contributed by atoms with Crippen molar-refractivity contribution in [3.05, 3.63) is 48.0 Å². The molecule has 2 heterocycles. The lowest BCUT2D eigenvalue weighted by atomic mass is 10.1. The van der Waals surface area contributed by atoms with Crippen LogP contribution in [0, 0.1) is 5.92 Å². The summed E-state index contributed by atoms with van der Waals surface area (Å²) in [6, 6.07) is 12.0. The van der Waals surface area contributed by atoms with Gasteiger partial charge in [0.25, 0.3) is 0 Å². The van der Waals surface area contributed by atoms with Crippen molar-refractivity contribution in [3.8, 4) is 11.5 Å². The molecule has 29 heavy (non-hydrogen) atoms. The maximum atomic E-state index is 12.7. The number of anilines is 2. The number of carbonyl (C=O) groups excluding carboxylic acids is 2. The zero-order chi connectivity index (χ0) is 20.4. The first-order valence-corrected chi connectivity index (χ1v) is 9.32. The second-order valence-electron chi connectivity index (χ2n) is 6.95. The van der Waals surface area contributed by atoms with Crippen LogP contribution < -0.4 is 19.7 Å². The molecule has 2 N–H and O–H groups in total. The molecule has 2 aliphatic rings. The second kappa shape index (κ2) is 7.83. The number of benzene rings is 2. The Kier molecular flexibility index (Phi) is 5.07. The van der Waals surface area contributed by atoms with Crippen LogP contribution in [0.2, 0.25) is 0 Å². The van der Waals surface area contributed by atoms with Gasteiger partial charge in [0.1, 0.15) is 13.2 Å². The molecule has 1 fully saturated rings. The first kappa shape index (κ1) is 18.8. The molecule has 2 amide bonds. The van der Waals surface area contributed by atoms with Crippen LogP contribution in [0.1, 0.15) is 12.0 Å². The fraction of sp³-hybridized carbons (Fsp3) is 0.286. The summed E-state index contributed by atoms with van der Waals surface area (Å²) in [4.78, 5) is 37.8. The van der Waals surface area contributed by atoms with Gasteiger partial charge in [0.05, 0.1) is 12.3 Å². The third kappa shape index (κ3) is 4.01. The van der Waals surface area contributed by atoms with Gasteiger partial charge in [-0.2, -0.15) is 0 Å². The van der Waals surface area contributed by atoms with Gasteiger partial charge in [0.15, 0.2) is 11.5 Å². The van der Waals surface area contributed by atoms with Gasteiger partial charge >= 0.3 is 5.97 Å². The molecule has 1 unspecified atom stereocenters. The number of carboxylic acids is 1. The van der Waals surface area contributed by atoms with E-state index in [1.54, 1.807) is 47.4 Å². The largest absolute Gasteiger partial charge is 0.486 e. The van der Waals surface area contributed by atoms with E-state index in [1.807, 2.05) is 0 Å². The summed E-state index contributed by atoms with van der Waals surface area (Å²) in [7, 11) is 0. The molecule has 0 aromatic heterocycles. The van der Waals surface area contributed by atoms with Gasteiger partial charge in [-0.3, -0.25) is 14.4 Å². The summed E-state index contributed by atoms with van der Waals surface area (Å²) < 4.78 is 11.1. The van der Waals surface area contributed by atoms with Gasteiger partial charge in [0, 0.05) is 30.4 Å². The Hall–Kier alpha value is -3.55. The van der Waals surface area contributed by atoms with Crippen molar-refractivity contribution in [1.29, 1.82) is 0 Å². The van der Waals surface area contributed by atoms with Gasteiger partial charge in [-0.25, -0.2) is 0 Å². The molecule has 1 atom stereocenters. The maximum Gasteiger partial charge on any atom is 0.307 e. The molecule has 1 saturated heterocycles. The van der Waals surface area contributed by atoms with E-state index in [0.29, 0.717) is 41.7 Å². The Morgan fingerprint density at radius 1 is 1.10 bits per heavy atom. The standard InChI is InChI=1S/C21H20N2O6/c24-19-9-14(21(27)22-16-4-2-1-3-13(16)10-20(25)26)12-23(19)15-5-6-17-18(11-15)29-8-7-28-17/h1-6,11,14H,7-10,12H2,(H,22,27)(H,25,26). The number of amides is 2. The van der Waals surface area contributed by atoms with E-state index in [1.165, 1.54) is 0 Å². The van der Waals surface area contributed by atoms with E-state index in [0.717, 1.165) is 0 Å². The number of nitrogens with zero attached hydrogens (tertiary/aromatic N) is 1. The number of hydrogen-bond acceptors (Lipinski definition) is 5. The third-order valence-electron chi connectivity index (χ3n) is 4.95. The number of ether oxygens (including phenoxy) is 2. The minimum absolute atomic E-state index is 0.0847. The zero-order valence-corrected chi connectivity index (χ0v) is 15.6. The Morgan fingerprint density at radius 2 is 1.86 bits per heavy atom. The number of para-hydroxylation sites is 1. The highest BCUT2D eigenvalue weighted by Crippen LogP contribution is 2.36. The molecule has 2 aromatic carbocycles. The molecule has 0 bridgehead atoms. The van der Waals surface area contributed by atoms with E-state index >= 15 is 0 Å². The first-order valence-electron chi connectivity index (χ1n) is 9.32. The Balaban J connectivity index is 1.47. The van der Waals surface area contributed by atoms with Crippen molar-refractivity contribution in [2.24, 2.45) is 5.92 Å². The number of carbonyl (C=O) groups is 3. The van der Waals surface area contributed by atoms with E-state index in [9.17, 15) is 14.4 Å². The zero-order valence-electron chi connectivity index (χ0n) is 15.6. The van der Waals surface area contributed by atoms with Gasteiger partial charge in [0.2, 0.25) is 11.8 Å². The second-order valence-corrected chi connectivity index (χ2v) is 6.95. The average Bonchev–Trinajstić information content (AvgIpc) is 3.10. The SMILES string of the molecule is O=C(O)Cc1ccccc1NC(=O)C1CC(=O)N(c2ccc3c(c2)OCCO3)C1. The molecule has 8 nitrogen and oxygen atoms in total. The molecule has 2 aliphatic heterocycles. The van der Waals surface area contributed by atoms with E-state index in [-0.39, 0.29) is 31.2 Å². The Bertz CT molecular complexity index is 973. The summed E-state index contributed by atoms with van der Waals surface area (Å²) >= 11 is 0. The van der Waals surface area contributed by atoms with Crippen molar-refractivity contribution < 1.29 is 29.0 Å². The number of carboxylic acid groups (broad SMARTS) is 1. The van der Waals surface area contributed by atoms with E-state index < -0.39 is 11.9 Å². The molecular formula is C21H20N2O6. The molecule has 8 heteroatoms. The quantitative estimate of drug-likeness (QED) is 0.802. The van der Waals surface area contributed by atoms with Gasteiger partial charge < -0.3 is 24.8 Å². The molecule has 0 saturated carbocycles. The van der Waals surface area contributed by atoms with Crippen LogP contribution in [0.15, 0.2) is 42.5 Å². The monoisotopic (exact) mass is 396 g/mol. The number of hydrogen-bond donors (Lipinski definition) is 2. The number of aliphatic carboxylic acids is 1. The van der Waals surface area contributed by atoms with E-state index in [4.69, 9.17) is 14.6 Å². The van der Waals surface area contributed by atoms with E-state index in [2.05, 4.69) is 5.32 Å². The smallest absolute Gasteiger partial charge is 0.307 e. The van der Waals surface area contributed by atoms with Crippen molar-refractivity contribution in [2.45, 2.75) is 12.8 Å². The molecule has 0 spiro atoms. The van der Waals surface area contributed by atoms with Crippen molar-refractivity contribution >= 4 is 29.2 Å². The number of nitrogens with one attached hydrogen (secondary N) is 1. The molecule has 4 rings (SSSR count). The highest BCUT2D eigenvalue weighted by Gasteiger charge is 2.35. The van der Waals surface area contributed by atoms with Crippen LogP contribution in [-0.4, -0.2) is 42.6 Å². The number of fused-ring (bicyclic) bond motifs is 1. The predicted molar refractivity (Wildman–Crippen MR) is 104 cm³/mol. The topological polar surface area (TPSA) is 105 Å². The van der Waals surface area contributed by atoms with Crippen LogP contribution in [0.3, 0.4) is 0 Å². The number of rotatable bonds is 5. The lowest BCUT2D eigenvalue weighted by Crippen LogP contribution is -2.28. The molecule has 2 aromatic rings. The highest BCUT2D eigenvalue weighted by atomic mass is 16.6. The normalized spacial score (nSPS) is 17.9. The molecule has 0 aliphatic carbocycles. The minimum Gasteiger partial charge on any atom is -0.486 e. The summed E-state index contributed by atoms with van der Waals surface area (Å²) in [5.74, 6) is -0.758. The van der Waals surface area contributed by atoms with Gasteiger partial charge in [-0.15, -0.1) is 0 Å². The first-order chi connectivity index (χ1) is 14.0. The average molecular weight is 396 g/mol. The minimum atomic E-state index is -0.979. The van der Waals surface area contributed by atoms with Crippen LogP contribution in [0.25, 0.3) is 0 Å². The van der Waals surface area contributed by atoms with Crippen LogP contribution in [-0.2, 0) is 20.8 Å². The Morgan fingerprint density at radius 3 is 2.66 bits per heavy atom. The van der Waals surface area contributed by atoms with Crippen LogP contribution >= 0.6 is 0 Å². The van der Waals surface area contributed by atoms with Gasteiger partial charge in [-0.1, -0.05) is 18.2 Å². The fourth-order valence-electron chi connectivity index (χ4n) is 3.53. The predicted octanol–water partition coefficient (Wildman–Crippen LogP) is 2.08. The molecule has 0 radical (unpaired) electrons. The van der Waals surface area contributed by atoms with Crippen LogP contribution in [0.4, 0.5) is 11.4 Å². The molecule has 150 valence electrons. The van der Waals surface area contributed by atoms with Gasteiger partial charge in [-0.05, 0) is 23.8 Å². The van der Waals surface area contributed by atoms with Crippen molar-refractivity contribution in [1.82, 2.24) is 0 Å². The summed E-state index contributed by atoms with van der Waals surface area (Å²) in [6.45, 7) is 1.18. The highest BCUT2D eigenvalue weighted by molar-refractivity contribution is 6.04. The van der Waals surface area contributed by atoms with Crippen molar-refractivity contribution in [3.63, 3.8) is 0 Å². The molecular weight excluding hydrogens is 376 g/mol. The van der Waals surface area contributed by atoms with Crippen LogP contribution in [0.5, 0.6) is 11.5 Å². The summed E-state index contributed by atoms with van der Waals surface area (Å²) in [5, 5.41) is 11.8. The maximum absolute atomic E-state index is 12.7.